The molecule has 0 atom stereocenters. The van der Waals surface area contributed by atoms with Crippen LogP contribution in [0, 0.1) is 0 Å². The summed E-state index contributed by atoms with van der Waals surface area (Å²) in [6.45, 7) is 0. The van der Waals surface area contributed by atoms with Crippen molar-refractivity contribution in [2.24, 2.45) is 0 Å². The molecule has 27 heavy (non-hydrogen) atoms. The van der Waals surface area contributed by atoms with Crippen molar-refractivity contribution in [3.63, 3.8) is 0 Å². The Labute approximate surface area is 161 Å². The summed E-state index contributed by atoms with van der Waals surface area (Å²) >= 11 is 5.03. The van der Waals surface area contributed by atoms with Gasteiger partial charge in [-0.15, -0.1) is 0 Å². The lowest BCUT2D eigenvalue weighted by Crippen LogP contribution is -2.48. The Kier molecular flexibility index (Phi) is 5.86. The van der Waals surface area contributed by atoms with Crippen molar-refractivity contribution in [1.82, 2.24) is 21.2 Å². The van der Waals surface area contributed by atoms with Crippen LogP contribution in [0.5, 0.6) is 0 Å². The van der Waals surface area contributed by atoms with E-state index >= 15 is 0 Å². The number of rotatable bonds is 3. The van der Waals surface area contributed by atoms with Crippen LogP contribution in [0.3, 0.4) is 0 Å². The third-order valence-electron chi connectivity index (χ3n) is 3.71. The highest BCUT2D eigenvalue weighted by molar-refractivity contribution is 7.80. The summed E-state index contributed by atoms with van der Waals surface area (Å²) in [5.74, 6) is -0.758. The highest BCUT2D eigenvalue weighted by Gasteiger charge is 2.09. The van der Waals surface area contributed by atoms with Gasteiger partial charge < -0.3 is 0 Å². The predicted molar refractivity (Wildman–Crippen MR) is 107 cm³/mol. The van der Waals surface area contributed by atoms with Crippen LogP contribution in [0.4, 0.5) is 0 Å². The van der Waals surface area contributed by atoms with Crippen molar-refractivity contribution in [3.8, 4) is 11.1 Å². The van der Waals surface area contributed by atoms with Gasteiger partial charge in [0.05, 0.1) is 0 Å². The van der Waals surface area contributed by atoms with Gasteiger partial charge in [-0.1, -0.05) is 42.5 Å². The van der Waals surface area contributed by atoms with Crippen LogP contribution < -0.4 is 16.2 Å². The number of carbonyl (C=O) groups is 2. The number of hydrogen-bond acceptors (Lipinski definition) is 4. The summed E-state index contributed by atoms with van der Waals surface area (Å²) in [4.78, 5) is 28.0. The van der Waals surface area contributed by atoms with Crippen molar-refractivity contribution >= 4 is 29.1 Å². The molecular formula is C20H16N4O2S. The number of thiocarbonyl (C=S) groups is 1. The maximum absolute atomic E-state index is 12.3. The molecule has 2 aromatic carbocycles. The molecule has 134 valence electrons. The molecule has 1 heterocycles. The number of amides is 2. The SMILES string of the molecule is O=C(NNC(=S)NC(=O)c1ccc(-c2ccccc2)cc1)c1ccncc1. The number of nitrogens with zero attached hydrogens (tertiary/aromatic N) is 1. The van der Waals surface area contributed by atoms with Crippen molar-refractivity contribution in [2.75, 3.05) is 0 Å². The molecule has 1 aromatic heterocycles. The Morgan fingerprint density at radius 3 is 1.96 bits per heavy atom. The molecule has 3 N–H and O–H groups in total. The first-order chi connectivity index (χ1) is 13.1. The van der Waals surface area contributed by atoms with Crippen molar-refractivity contribution in [1.29, 1.82) is 0 Å². The molecule has 7 heteroatoms. The van der Waals surface area contributed by atoms with Crippen molar-refractivity contribution in [2.45, 2.75) is 0 Å². The van der Waals surface area contributed by atoms with Crippen molar-refractivity contribution in [3.05, 3.63) is 90.3 Å². The molecule has 3 rings (SSSR count). The number of aromatic nitrogens is 1. The average molecular weight is 376 g/mol. The van der Waals surface area contributed by atoms with Gasteiger partial charge in [0, 0.05) is 23.5 Å². The molecule has 0 saturated carbocycles. The molecule has 3 aromatic rings. The monoisotopic (exact) mass is 376 g/mol. The largest absolute Gasteiger partial charge is 0.298 e. The molecule has 0 bridgehead atoms. The Morgan fingerprint density at radius 1 is 0.704 bits per heavy atom. The minimum Gasteiger partial charge on any atom is -0.298 e. The molecule has 0 fully saturated rings. The van der Waals surface area contributed by atoms with Crippen LogP contribution in [0.15, 0.2) is 79.1 Å². The first-order valence-electron chi connectivity index (χ1n) is 8.10. The zero-order chi connectivity index (χ0) is 19.1. The van der Waals surface area contributed by atoms with Gasteiger partial charge in [0.25, 0.3) is 11.8 Å². The van der Waals surface area contributed by atoms with E-state index in [-0.39, 0.29) is 16.9 Å². The molecule has 2 amide bonds. The Bertz CT molecular complexity index is 945. The van der Waals surface area contributed by atoms with E-state index in [1.807, 2.05) is 42.5 Å². The molecular weight excluding hydrogens is 360 g/mol. The van der Waals surface area contributed by atoms with Gasteiger partial charge in [-0.25, -0.2) is 0 Å². The molecule has 0 spiro atoms. The summed E-state index contributed by atoms with van der Waals surface area (Å²) in [5.41, 5.74) is 7.87. The fraction of sp³-hybridized carbons (Fsp3) is 0. The summed E-state index contributed by atoms with van der Waals surface area (Å²) in [6, 6.07) is 20.2. The quantitative estimate of drug-likeness (QED) is 0.484. The molecule has 0 radical (unpaired) electrons. The van der Waals surface area contributed by atoms with Gasteiger partial charge >= 0.3 is 0 Å². The lowest BCUT2D eigenvalue weighted by molar-refractivity contribution is 0.0934. The third-order valence-corrected chi connectivity index (χ3v) is 3.92. The van der Waals surface area contributed by atoms with Gasteiger partial charge in [0.2, 0.25) is 0 Å². The van der Waals surface area contributed by atoms with E-state index in [1.165, 1.54) is 12.4 Å². The second-order valence-electron chi connectivity index (χ2n) is 5.54. The fourth-order valence-corrected chi connectivity index (χ4v) is 2.48. The van der Waals surface area contributed by atoms with E-state index in [2.05, 4.69) is 21.2 Å². The van der Waals surface area contributed by atoms with Crippen LogP contribution in [0.1, 0.15) is 20.7 Å². The van der Waals surface area contributed by atoms with Gasteiger partial charge in [-0.3, -0.25) is 30.7 Å². The molecule has 0 unspecified atom stereocenters. The molecule has 0 saturated heterocycles. The second-order valence-corrected chi connectivity index (χ2v) is 5.95. The molecule has 0 aliphatic heterocycles. The van der Waals surface area contributed by atoms with E-state index in [1.54, 1.807) is 24.3 Å². The summed E-state index contributed by atoms with van der Waals surface area (Å²) < 4.78 is 0. The number of benzene rings is 2. The Morgan fingerprint density at radius 2 is 1.30 bits per heavy atom. The topological polar surface area (TPSA) is 83.1 Å². The van der Waals surface area contributed by atoms with Crippen molar-refractivity contribution < 1.29 is 9.59 Å². The molecule has 6 nitrogen and oxygen atoms in total. The van der Waals surface area contributed by atoms with Crippen LogP contribution in [0.2, 0.25) is 0 Å². The van der Waals surface area contributed by atoms with Gasteiger partial charge in [-0.05, 0) is 47.6 Å². The Balaban J connectivity index is 1.54. The molecule has 0 aliphatic rings. The zero-order valence-electron chi connectivity index (χ0n) is 14.2. The zero-order valence-corrected chi connectivity index (χ0v) is 15.0. The van der Waals surface area contributed by atoms with Crippen LogP contribution in [-0.2, 0) is 0 Å². The molecule has 0 aliphatic carbocycles. The van der Waals surface area contributed by atoms with Gasteiger partial charge in [0.15, 0.2) is 5.11 Å². The van der Waals surface area contributed by atoms with Crippen LogP contribution >= 0.6 is 12.2 Å². The van der Waals surface area contributed by atoms with Crippen LogP contribution in [-0.4, -0.2) is 21.9 Å². The standard InChI is InChI=1S/C20H16N4O2S/c25-18(16-8-6-15(7-9-16)14-4-2-1-3-5-14)22-20(27)24-23-19(26)17-10-12-21-13-11-17/h1-13H,(H,23,26)(H2,22,24,25,27). The number of pyridine rings is 1. The van der Waals surface area contributed by atoms with Crippen LogP contribution in [0.25, 0.3) is 11.1 Å². The summed E-state index contributed by atoms with van der Waals surface area (Å²) in [7, 11) is 0. The number of nitrogens with one attached hydrogen (secondary N) is 3. The highest BCUT2D eigenvalue weighted by atomic mass is 32.1. The maximum atomic E-state index is 12.3. The van der Waals surface area contributed by atoms with E-state index in [9.17, 15) is 9.59 Å². The van der Waals surface area contributed by atoms with Gasteiger partial charge in [-0.2, -0.15) is 0 Å². The number of hydrazine groups is 1. The Hall–Kier alpha value is -3.58. The van der Waals surface area contributed by atoms with E-state index in [0.29, 0.717) is 11.1 Å². The minimum absolute atomic E-state index is 0.00505. The van der Waals surface area contributed by atoms with E-state index in [0.717, 1.165) is 11.1 Å². The predicted octanol–water partition coefficient (Wildman–Crippen LogP) is 2.70. The summed E-state index contributed by atoms with van der Waals surface area (Å²) in [6.07, 6.45) is 3.02. The van der Waals surface area contributed by atoms with E-state index in [4.69, 9.17) is 12.2 Å². The second kappa shape index (κ2) is 8.68. The number of carbonyl (C=O) groups excluding carboxylic acids is 2. The third kappa shape index (κ3) is 4.96. The average Bonchev–Trinajstić information content (AvgIpc) is 2.73. The van der Waals surface area contributed by atoms with E-state index < -0.39 is 0 Å². The first kappa shape index (κ1) is 18.2. The highest BCUT2D eigenvalue weighted by Crippen LogP contribution is 2.19. The fourth-order valence-electron chi connectivity index (χ4n) is 2.34. The lowest BCUT2D eigenvalue weighted by atomic mass is 10.0. The smallest absolute Gasteiger partial charge is 0.269 e. The minimum atomic E-state index is -0.388. The first-order valence-corrected chi connectivity index (χ1v) is 8.51. The summed E-state index contributed by atoms with van der Waals surface area (Å²) in [5, 5.41) is 2.51. The van der Waals surface area contributed by atoms with Gasteiger partial charge in [0.1, 0.15) is 0 Å². The lowest BCUT2D eigenvalue weighted by Gasteiger charge is -2.11. The normalized spacial score (nSPS) is 9.93. The number of hydrogen-bond donors (Lipinski definition) is 3. The maximum Gasteiger partial charge on any atom is 0.269 e.